The molecule has 5 nitrogen and oxygen atoms in total. The Labute approximate surface area is 285 Å². The Hall–Kier alpha value is -6.85. The minimum atomic E-state index is 0.589. The molecule has 0 aliphatic heterocycles. The minimum absolute atomic E-state index is 0.589. The molecule has 0 amide bonds. The van der Waals surface area contributed by atoms with Crippen LogP contribution in [0.1, 0.15) is 0 Å². The topological polar surface area (TPSA) is 65.0 Å². The van der Waals surface area contributed by atoms with Crippen molar-refractivity contribution in [2.45, 2.75) is 0 Å². The highest BCUT2D eigenvalue weighted by molar-refractivity contribution is 6.19. The van der Waals surface area contributed by atoms with Gasteiger partial charge in [-0.25, -0.2) is 15.0 Å². The van der Waals surface area contributed by atoms with Gasteiger partial charge < -0.3 is 8.83 Å². The third-order valence-corrected chi connectivity index (χ3v) is 9.91. The molecule has 5 heteroatoms. The summed E-state index contributed by atoms with van der Waals surface area (Å²) in [5.41, 5.74) is 6.10. The highest BCUT2D eigenvalue weighted by Gasteiger charge is 2.20. The lowest BCUT2D eigenvalue weighted by molar-refractivity contribution is 0.668. The Morgan fingerprint density at radius 2 is 0.900 bits per heavy atom. The van der Waals surface area contributed by atoms with Crippen LogP contribution in [-0.4, -0.2) is 15.0 Å². The van der Waals surface area contributed by atoms with Gasteiger partial charge in [0.1, 0.15) is 22.3 Å². The fourth-order valence-corrected chi connectivity index (χ4v) is 7.63. The van der Waals surface area contributed by atoms with Crippen LogP contribution in [0, 0.1) is 0 Å². The molecule has 0 unspecified atom stereocenters. The zero-order valence-corrected chi connectivity index (χ0v) is 26.6. The van der Waals surface area contributed by atoms with Crippen LogP contribution < -0.4 is 0 Å². The number of para-hydroxylation sites is 2. The first-order chi connectivity index (χ1) is 24.8. The summed E-state index contributed by atoms with van der Waals surface area (Å²) in [4.78, 5) is 15.7. The van der Waals surface area contributed by atoms with E-state index >= 15 is 0 Å². The lowest BCUT2D eigenvalue weighted by Gasteiger charge is -2.13. The van der Waals surface area contributed by atoms with Gasteiger partial charge in [0, 0.05) is 38.2 Å². The maximum absolute atomic E-state index is 6.29. The molecule has 3 aromatic heterocycles. The summed E-state index contributed by atoms with van der Waals surface area (Å²) in [5.74, 6) is 1.80. The predicted molar refractivity (Wildman–Crippen MR) is 203 cm³/mol. The molecular formula is C45H25N3O2. The molecule has 0 radical (unpaired) electrons. The van der Waals surface area contributed by atoms with E-state index in [4.69, 9.17) is 23.8 Å². The van der Waals surface area contributed by atoms with Crippen LogP contribution in [0.15, 0.2) is 160 Å². The summed E-state index contributed by atoms with van der Waals surface area (Å²) in [6, 6.07) is 52.2. The Morgan fingerprint density at radius 3 is 1.70 bits per heavy atom. The third-order valence-electron chi connectivity index (χ3n) is 9.91. The smallest absolute Gasteiger partial charge is 0.164 e. The molecule has 0 N–H and O–H groups in total. The van der Waals surface area contributed by atoms with Gasteiger partial charge in [-0.15, -0.1) is 0 Å². The van der Waals surface area contributed by atoms with Gasteiger partial charge in [-0.1, -0.05) is 115 Å². The third kappa shape index (κ3) is 3.98. The van der Waals surface area contributed by atoms with Crippen molar-refractivity contribution in [3.05, 3.63) is 152 Å². The van der Waals surface area contributed by atoms with Gasteiger partial charge in [0.25, 0.3) is 0 Å². The number of nitrogens with zero attached hydrogens (tertiary/aromatic N) is 3. The summed E-state index contributed by atoms with van der Waals surface area (Å²) in [5, 5.41) is 11.0. The summed E-state index contributed by atoms with van der Waals surface area (Å²) < 4.78 is 12.5. The van der Waals surface area contributed by atoms with Crippen LogP contribution in [0.5, 0.6) is 0 Å². The Kier molecular flexibility index (Phi) is 5.60. The Bertz CT molecular complexity index is 3170. The average Bonchev–Trinajstić information content (AvgIpc) is 3.76. The van der Waals surface area contributed by atoms with Crippen LogP contribution in [0.2, 0.25) is 0 Å². The van der Waals surface area contributed by atoms with Crippen LogP contribution in [-0.2, 0) is 0 Å². The van der Waals surface area contributed by atoms with Crippen LogP contribution >= 0.6 is 0 Å². The number of benzene rings is 8. The van der Waals surface area contributed by atoms with Crippen LogP contribution in [0.3, 0.4) is 0 Å². The molecule has 232 valence electrons. The van der Waals surface area contributed by atoms with E-state index in [9.17, 15) is 0 Å². The van der Waals surface area contributed by atoms with E-state index in [2.05, 4.69) is 109 Å². The minimum Gasteiger partial charge on any atom is -0.456 e. The van der Waals surface area contributed by atoms with Crippen LogP contribution in [0.25, 0.3) is 110 Å². The molecular weight excluding hydrogens is 615 g/mol. The second-order valence-electron chi connectivity index (χ2n) is 12.7. The van der Waals surface area contributed by atoms with Gasteiger partial charge in [0.05, 0.1) is 0 Å². The number of hydrogen-bond donors (Lipinski definition) is 0. The molecule has 0 atom stereocenters. The predicted octanol–water partition coefficient (Wildman–Crippen LogP) is 12.1. The van der Waals surface area contributed by atoms with Crippen molar-refractivity contribution in [3.63, 3.8) is 0 Å². The second-order valence-corrected chi connectivity index (χ2v) is 12.7. The van der Waals surface area contributed by atoms with E-state index in [0.717, 1.165) is 87.5 Å². The first kappa shape index (κ1) is 27.1. The van der Waals surface area contributed by atoms with Crippen molar-refractivity contribution in [1.29, 1.82) is 0 Å². The van der Waals surface area contributed by atoms with Gasteiger partial charge in [-0.2, -0.15) is 0 Å². The molecule has 0 bridgehead atoms. The zero-order chi connectivity index (χ0) is 32.8. The maximum atomic E-state index is 6.29. The number of aromatic nitrogens is 3. The van der Waals surface area contributed by atoms with Crippen molar-refractivity contribution in [1.82, 2.24) is 15.0 Å². The van der Waals surface area contributed by atoms with Gasteiger partial charge in [0.2, 0.25) is 0 Å². The number of fused-ring (bicyclic) bond motifs is 11. The number of furan rings is 2. The molecule has 0 aliphatic rings. The van der Waals surface area contributed by atoms with E-state index in [0.29, 0.717) is 17.5 Å². The van der Waals surface area contributed by atoms with Crippen molar-refractivity contribution in [2.24, 2.45) is 0 Å². The van der Waals surface area contributed by atoms with Crippen molar-refractivity contribution < 1.29 is 8.83 Å². The highest BCUT2D eigenvalue weighted by atomic mass is 16.3. The highest BCUT2D eigenvalue weighted by Crippen LogP contribution is 2.40. The molecule has 11 aromatic rings. The summed E-state index contributed by atoms with van der Waals surface area (Å²) in [6.07, 6.45) is 0. The monoisotopic (exact) mass is 639 g/mol. The standard InChI is InChI=1S/C45H25N3O2/c1-2-11-29-27(10-1)24-36(31-13-4-3-12-30(29)31)45-47-43(46-44(48-45)34-16-9-19-39-41(34)32-14-5-7-17-37(32)49-39)28-21-20-26-22-23-40-42(35(26)25-28)33-15-6-8-18-38(33)50-40/h1-25H. The quantitative estimate of drug-likeness (QED) is 0.180. The SMILES string of the molecule is c1ccc2c(c1)cc(-c1nc(-c3ccc4ccc5oc6ccccc6c5c4c3)nc(-c3cccc4oc5ccccc5c34)n1)c1ccccc12. The van der Waals surface area contributed by atoms with Crippen molar-refractivity contribution in [3.8, 4) is 34.2 Å². The van der Waals surface area contributed by atoms with Gasteiger partial charge in [-0.3, -0.25) is 0 Å². The molecule has 8 aromatic carbocycles. The molecule has 0 saturated heterocycles. The Morgan fingerprint density at radius 1 is 0.320 bits per heavy atom. The summed E-state index contributed by atoms with van der Waals surface area (Å²) >= 11 is 0. The van der Waals surface area contributed by atoms with Crippen molar-refractivity contribution in [2.75, 3.05) is 0 Å². The number of rotatable bonds is 3. The van der Waals surface area contributed by atoms with Crippen molar-refractivity contribution >= 4 is 76.2 Å². The molecule has 11 rings (SSSR count). The summed E-state index contributed by atoms with van der Waals surface area (Å²) in [7, 11) is 0. The van der Waals surface area contributed by atoms with Crippen LogP contribution in [0.4, 0.5) is 0 Å². The Balaban J connectivity index is 1.23. The van der Waals surface area contributed by atoms with E-state index < -0.39 is 0 Å². The molecule has 3 heterocycles. The first-order valence-electron chi connectivity index (χ1n) is 16.7. The maximum Gasteiger partial charge on any atom is 0.164 e. The molecule has 0 aliphatic carbocycles. The van der Waals surface area contributed by atoms with E-state index in [1.165, 1.54) is 5.39 Å². The first-order valence-corrected chi connectivity index (χ1v) is 16.7. The molecule has 0 spiro atoms. The fraction of sp³-hybridized carbons (Fsp3) is 0. The van der Waals surface area contributed by atoms with Gasteiger partial charge in [-0.05, 0) is 68.7 Å². The van der Waals surface area contributed by atoms with E-state index in [1.807, 2.05) is 42.5 Å². The second kappa shape index (κ2) is 10.3. The average molecular weight is 640 g/mol. The molecule has 50 heavy (non-hydrogen) atoms. The normalized spacial score (nSPS) is 12.0. The van der Waals surface area contributed by atoms with Gasteiger partial charge >= 0.3 is 0 Å². The molecule has 0 saturated carbocycles. The largest absolute Gasteiger partial charge is 0.456 e. The van der Waals surface area contributed by atoms with E-state index in [-0.39, 0.29) is 0 Å². The molecule has 0 fully saturated rings. The lowest BCUT2D eigenvalue weighted by atomic mass is 9.96. The van der Waals surface area contributed by atoms with E-state index in [1.54, 1.807) is 0 Å². The zero-order valence-electron chi connectivity index (χ0n) is 26.6. The van der Waals surface area contributed by atoms with Gasteiger partial charge in [0.15, 0.2) is 17.5 Å². The lowest BCUT2D eigenvalue weighted by Crippen LogP contribution is -2.01. The summed E-state index contributed by atoms with van der Waals surface area (Å²) in [6.45, 7) is 0. The fourth-order valence-electron chi connectivity index (χ4n) is 7.63. The number of hydrogen-bond acceptors (Lipinski definition) is 5.